The van der Waals surface area contributed by atoms with Gasteiger partial charge in [-0.05, 0) is 24.8 Å². The van der Waals surface area contributed by atoms with Crippen LogP contribution in [0.4, 0.5) is 0 Å². The zero-order valence-electron chi connectivity index (χ0n) is 15.2. The summed E-state index contributed by atoms with van der Waals surface area (Å²) in [5.74, 6) is -0.0734. The van der Waals surface area contributed by atoms with Gasteiger partial charge in [-0.3, -0.25) is 4.79 Å². The zero-order valence-corrected chi connectivity index (χ0v) is 16.0. The number of hydrogen-bond acceptors (Lipinski definition) is 4. The zero-order chi connectivity index (χ0) is 17.4. The van der Waals surface area contributed by atoms with Crippen LogP contribution in [0.15, 0.2) is 30.3 Å². The quantitative estimate of drug-likeness (QED) is 0.714. The van der Waals surface area contributed by atoms with Crippen molar-refractivity contribution in [2.45, 2.75) is 38.3 Å². The molecule has 25 heavy (non-hydrogen) atoms. The van der Waals surface area contributed by atoms with E-state index in [2.05, 4.69) is 0 Å². The number of hydrogen-bond donors (Lipinski definition) is 1. The molecule has 1 heterocycles. The highest BCUT2D eigenvalue weighted by Gasteiger charge is 2.29. The third-order valence-electron chi connectivity index (χ3n) is 4.71. The molecule has 6 heteroatoms. The molecule has 0 spiro atoms. The van der Waals surface area contributed by atoms with Gasteiger partial charge in [0.15, 0.2) is 0 Å². The molecule has 0 aliphatic carbocycles. The van der Waals surface area contributed by atoms with Gasteiger partial charge in [0.25, 0.3) is 0 Å². The minimum Gasteiger partial charge on any atom is -0.385 e. The molecule has 1 aromatic carbocycles. The molecule has 1 aliphatic heterocycles. The standard InChI is InChI=1S/C19H30N2O3.ClH/c1-15(18(20)16-7-4-3-5-8-16)19(22)21-11-9-17(10-12-21)24-14-6-13-23-2;/h3-5,7-8,15,17-18H,6,9-14,20H2,1-2H3;1H. The van der Waals surface area contributed by atoms with E-state index >= 15 is 0 Å². The van der Waals surface area contributed by atoms with Crippen LogP contribution in [-0.4, -0.2) is 50.3 Å². The number of nitrogens with zero attached hydrogens (tertiary/aromatic N) is 1. The molecule has 142 valence electrons. The molecule has 0 radical (unpaired) electrons. The van der Waals surface area contributed by atoms with Crippen LogP contribution in [0.1, 0.15) is 37.8 Å². The molecule has 0 bridgehead atoms. The minimum atomic E-state index is -0.262. The van der Waals surface area contributed by atoms with Crippen molar-refractivity contribution in [1.29, 1.82) is 0 Å². The number of methoxy groups -OCH3 is 1. The van der Waals surface area contributed by atoms with Gasteiger partial charge in [-0.1, -0.05) is 37.3 Å². The maximum atomic E-state index is 12.7. The number of likely N-dealkylation sites (tertiary alicyclic amines) is 1. The SMILES string of the molecule is COCCCOC1CCN(C(=O)C(C)C(N)c2ccccc2)CC1.Cl. The summed E-state index contributed by atoms with van der Waals surface area (Å²) >= 11 is 0. The number of nitrogens with two attached hydrogens (primary N) is 1. The average molecular weight is 371 g/mol. The van der Waals surface area contributed by atoms with E-state index in [-0.39, 0.29) is 36.4 Å². The Morgan fingerprint density at radius 2 is 1.88 bits per heavy atom. The smallest absolute Gasteiger partial charge is 0.227 e. The van der Waals surface area contributed by atoms with Crippen LogP contribution in [0.2, 0.25) is 0 Å². The predicted octanol–water partition coefficient (Wildman–Crippen LogP) is 2.79. The molecule has 1 amide bonds. The number of amides is 1. The van der Waals surface area contributed by atoms with Gasteiger partial charge >= 0.3 is 0 Å². The Morgan fingerprint density at radius 1 is 1.24 bits per heavy atom. The summed E-state index contributed by atoms with van der Waals surface area (Å²) < 4.78 is 10.9. The van der Waals surface area contributed by atoms with Crippen molar-refractivity contribution in [2.24, 2.45) is 11.7 Å². The van der Waals surface area contributed by atoms with Gasteiger partial charge in [0.1, 0.15) is 0 Å². The van der Waals surface area contributed by atoms with Crippen LogP contribution in [-0.2, 0) is 14.3 Å². The Kier molecular flexibility index (Phi) is 10.0. The molecule has 1 aromatic rings. The fourth-order valence-electron chi connectivity index (χ4n) is 3.10. The van der Waals surface area contributed by atoms with Gasteiger partial charge in [-0.25, -0.2) is 0 Å². The van der Waals surface area contributed by atoms with Crippen LogP contribution in [0.5, 0.6) is 0 Å². The first-order valence-corrected chi connectivity index (χ1v) is 8.83. The number of piperidine rings is 1. The highest BCUT2D eigenvalue weighted by molar-refractivity contribution is 5.85. The summed E-state index contributed by atoms with van der Waals surface area (Å²) in [6, 6.07) is 9.57. The number of carbonyl (C=O) groups excluding carboxylic acids is 1. The molecule has 2 rings (SSSR count). The van der Waals surface area contributed by atoms with Gasteiger partial charge in [0.05, 0.1) is 12.0 Å². The van der Waals surface area contributed by atoms with Crippen molar-refractivity contribution in [2.75, 3.05) is 33.4 Å². The molecule has 0 saturated carbocycles. The first-order chi connectivity index (χ1) is 11.6. The second kappa shape index (κ2) is 11.5. The van der Waals surface area contributed by atoms with Gasteiger partial charge in [-0.15, -0.1) is 12.4 Å². The molecule has 5 nitrogen and oxygen atoms in total. The van der Waals surface area contributed by atoms with E-state index in [0.29, 0.717) is 0 Å². The lowest BCUT2D eigenvalue weighted by Crippen LogP contribution is -2.45. The van der Waals surface area contributed by atoms with Gasteiger partial charge < -0.3 is 20.1 Å². The van der Waals surface area contributed by atoms with Crippen molar-refractivity contribution < 1.29 is 14.3 Å². The third-order valence-corrected chi connectivity index (χ3v) is 4.71. The second-order valence-electron chi connectivity index (χ2n) is 6.47. The van der Waals surface area contributed by atoms with E-state index in [1.807, 2.05) is 42.2 Å². The Hall–Kier alpha value is -1.14. The topological polar surface area (TPSA) is 64.8 Å². The van der Waals surface area contributed by atoms with Crippen LogP contribution < -0.4 is 5.73 Å². The summed E-state index contributed by atoms with van der Waals surface area (Å²) in [5.41, 5.74) is 7.29. The lowest BCUT2D eigenvalue weighted by atomic mass is 9.93. The van der Waals surface area contributed by atoms with Crippen molar-refractivity contribution in [1.82, 2.24) is 4.90 Å². The first kappa shape index (κ1) is 21.9. The molecule has 1 fully saturated rings. The monoisotopic (exact) mass is 370 g/mol. The summed E-state index contributed by atoms with van der Waals surface area (Å²) in [7, 11) is 1.70. The van der Waals surface area contributed by atoms with Crippen LogP contribution >= 0.6 is 12.4 Å². The second-order valence-corrected chi connectivity index (χ2v) is 6.47. The molecular formula is C19H31ClN2O3. The molecular weight excluding hydrogens is 340 g/mol. The van der Waals surface area contributed by atoms with Crippen LogP contribution in [0.25, 0.3) is 0 Å². The number of ether oxygens (including phenoxy) is 2. The molecule has 1 aliphatic rings. The highest BCUT2D eigenvalue weighted by Crippen LogP contribution is 2.23. The molecule has 1 saturated heterocycles. The number of rotatable bonds is 8. The number of carbonyl (C=O) groups is 1. The van der Waals surface area contributed by atoms with E-state index in [1.54, 1.807) is 7.11 Å². The number of benzene rings is 1. The first-order valence-electron chi connectivity index (χ1n) is 8.83. The average Bonchev–Trinajstić information content (AvgIpc) is 2.64. The third kappa shape index (κ3) is 6.59. The fraction of sp³-hybridized carbons (Fsp3) is 0.632. The Morgan fingerprint density at radius 3 is 2.48 bits per heavy atom. The maximum absolute atomic E-state index is 12.7. The largest absolute Gasteiger partial charge is 0.385 e. The van der Waals surface area contributed by atoms with Crippen LogP contribution in [0.3, 0.4) is 0 Å². The molecule has 2 unspecified atom stereocenters. The summed E-state index contributed by atoms with van der Waals surface area (Å²) in [5, 5.41) is 0. The molecule has 2 N–H and O–H groups in total. The van der Waals surface area contributed by atoms with E-state index in [4.69, 9.17) is 15.2 Å². The fourth-order valence-corrected chi connectivity index (χ4v) is 3.10. The van der Waals surface area contributed by atoms with Gasteiger partial charge in [0, 0.05) is 39.5 Å². The molecule has 0 aromatic heterocycles. The van der Waals surface area contributed by atoms with Crippen molar-refractivity contribution >= 4 is 18.3 Å². The Bertz CT molecular complexity index is 493. The normalized spacial score (nSPS) is 17.6. The highest BCUT2D eigenvalue weighted by atomic mass is 35.5. The summed E-state index contributed by atoms with van der Waals surface area (Å²) in [6.07, 6.45) is 2.96. The Labute approximate surface area is 157 Å². The lowest BCUT2D eigenvalue weighted by Gasteiger charge is -2.34. The number of halogens is 1. The van der Waals surface area contributed by atoms with Gasteiger partial charge in [0.2, 0.25) is 5.91 Å². The summed E-state index contributed by atoms with van der Waals surface area (Å²) in [6.45, 7) is 4.88. The van der Waals surface area contributed by atoms with Crippen molar-refractivity contribution in [3.05, 3.63) is 35.9 Å². The maximum Gasteiger partial charge on any atom is 0.227 e. The van der Waals surface area contributed by atoms with E-state index < -0.39 is 0 Å². The van der Waals surface area contributed by atoms with E-state index in [1.165, 1.54) is 0 Å². The van der Waals surface area contributed by atoms with Crippen LogP contribution in [0, 0.1) is 5.92 Å². The van der Waals surface area contributed by atoms with Gasteiger partial charge in [-0.2, -0.15) is 0 Å². The predicted molar refractivity (Wildman–Crippen MR) is 102 cm³/mol. The van der Waals surface area contributed by atoms with E-state index in [0.717, 1.165) is 51.1 Å². The van der Waals surface area contributed by atoms with Crippen molar-refractivity contribution in [3.63, 3.8) is 0 Å². The lowest BCUT2D eigenvalue weighted by molar-refractivity contribution is -0.138. The molecule has 2 atom stereocenters. The van der Waals surface area contributed by atoms with Crippen molar-refractivity contribution in [3.8, 4) is 0 Å². The minimum absolute atomic E-state index is 0. The van der Waals surface area contributed by atoms with E-state index in [9.17, 15) is 4.79 Å². The Balaban J connectivity index is 0.00000312. The summed E-state index contributed by atoms with van der Waals surface area (Å²) in [4.78, 5) is 14.6.